The van der Waals surface area contributed by atoms with E-state index in [-0.39, 0.29) is 0 Å². The number of hydrogen-bond acceptors (Lipinski definition) is 3. The van der Waals surface area contributed by atoms with Gasteiger partial charge in [0.25, 0.3) is 0 Å². The van der Waals surface area contributed by atoms with Crippen LogP contribution in [0.1, 0.15) is 36.9 Å². The monoisotopic (exact) mass is 253 g/mol. The van der Waals surface area contributed by atoms with Crippen molar-refractivity contribution < 1.29 is 9.90 Å². The highest BCUT2D eigenvalue weighted by Crippen LogP contribution is 2.37. The van der Waals surface area contributed by atoms with Gasteiger partial charge in [-0.2, -0.15) is 0 Å². The van der Waals surface area contributed by atoms with Crippen LogP contribution in [0.15, 0.2) is 12.1 Å². The molecule has 2 heterocycles. The molecular formula is C13H19NO2S. The largest absolute Gasteiger partial charge is 0.477 e. The van der Waals surface area contributed by atoms with E-state index in [1.165, 1.54) is 17.8 Å². The molecule has 0 aromatic carbocycles. The lowest BCUT2D eigenvalue weighted by Crippen LogP contribution is -2.25. The van der Waals surface area contributed by atoms with E-state index in [4.69, 9.17) is 5.11 Å². The van der Waals surface area contributed by atoms with E-state index in [0.29, 0.717) is 16.2 Å². The van der Waals surface area contributed by atoms with E-state index < -0.39 is 5.97 Å². The second-order valence-electron chi connectivity index (χ2n) is 5.74. The molecule has 0 radical (unpaired) electrons. The van der Waals surface area contributed by atoms with E-state index in [1.807, 2.05) is 6.07 Å². The molecule has 1 atom stereocenters. The third kappa shape index (κ3) is 2.63. The zero-order chi connectivity index (χ0) is 12.6. The van der Waals surface area contributed by atoms with Crippen LogP contribution in [0.2, 0.25) is 0 Å². The van der Waals surface area contributed by atoms with Gasteiger partial charge in [-0.05, 0) is 29.9 Å². The minimum Gasteiger partial charge on any atom is -0.477 e. The number of carboxylic acids is 1. The minimum atomic E-state index is -0.826. The van der Waals surface area contributed by atoms with Gasteiger partial charge < -0.3 is 10.0 Å². The summed E-state index contributed by atoms with van der Waals surface area (Å²) in [4.78, 5) is 13.6. The number of nitrogens with zero attached hydrogens (tertiary/aromatic N) is 1. The molecule has 1 aliphatic heterocycles. The van der Waals surface area contributed by atoms with E-state index in [1.54, 1.807) is 6.07 Å². The molecule has 1 aromatic heterocycles. The molecule has 1 aromatic rings. The lowest BCUT2D eigenvalue weighted by Gasteiger charge is -2.27. The van der Waals surface area contributed by atoms with Crippen molar-refractivity contribution >= 4 is 22.3 Å². The maximum Gasteiger partial charge on any atom is 0.345 e. The van der Waals surface area contributed by atoms with Crippen molar-refractivity contribution in [3.8, 4) is 0 Å². The lowest BCUT2D eigenvalue weighted by molar-refractivity contribution is 0.0702. The predicted octanol–water partition coefficient (Wildman–Crippen LogP) is 3.32. The molecule has 2 rings (SSSR count). The molecule has 0 bridgehead atoms. The molecule has 17 heavy (non-hydrogen) atoms. The van der Waals surface area contributed by atoms with Crippen molar-refractivity contribution in [3.63, 3.8) is 0 Å². The zero-order valence-corrected chi connectivity index (χ0v) is 11.4. The number of aromatic carboxylic acids is 1. The van der Waals surface area contributed by atoms with Crippen LogP contribution in [-0.2, 0) is 0 Å². The van der Waals surface area contributed by atoms with Crippen LogP contribution >= 0.6 is 11.3 Å². The molecule has 1 fully saturated rings. The van der Waals surface area contributed by atoms with Gasteiger partial charge in [0.15, 0.2) is 0 Å². The summed E-state index contributed by atoms with van der Waals surface area (Å²) < 4.78 is 0. The molecule has 1 aliphatic rings. The Morgan fingerprint density at radius 3 is 2.65 bits per heavy atom. The molecule has 0 aliphatic carbocycles. The predicted molar refractivity (Wildman–Crippen MR) is 71.1 cm³/mol. The Labute approximate surface area is 106 Å². The molecule has 94 valence electrons. The molecule has 0 amide bonds. The molecule has 3 nitrogen and oxygen atoms in total. The Morgan fingerprint density at radius 1 is 1.47 bits per heavy atom. The van der Waals surface area contributed by atoms with Crippen LogP contribution in [0.3, 0.4) is 0 Å². The van der Waals surface area contributed by atoms with Crippen LogP contribution in [0.5, 0.6) is 0 Å². The average Bonchev–Trinajstić information content (AvgIpc) is 2.85. The normalized spacial score (nSPS) is 20.9. The highest BCUT2D eigenvalue weighted by molar-refractivity contribution is 7.17. The molecular weight excluding hydrogens is 234 g/mol. The van der Waals surface area contributed by atoms with Gasteiger partial charge in [-0.15, -0.1) is 11.3 Å². The van der Waals surface area contributed by atoms with Crippen LogP contribution in [0, 0.1) is 11.3 Å². The third-order valence-electron chi connectivity index (χ3n) is 3.53. The van der Waals surface area contributed by atoms with Gasteiger partial charge in [-0.3, -0.25) is 0 Å². The number of carbonyl (C=O) groups is 1. The summed E-state index contributed by atoms with van der Waals surface area (Å²) in [5.74, 6) is -0.134. The van der Waals surface area contributed by atoms with E-state index in [0.717, 1.165) is 18.1 Å². The number of rotatable bonds is 2. The fourth-order valence-electron chi connectivity index (χ4n) is 2.28. The molecule has 1 unspecified atom stereocenters. The maximum absolute atomic E-state index is 10.8. The van der Waals surface area contributed by atoms with Gasteiger partial charge in [0.1, 0.15) is 4.88 Å². The molecule has 1 N–H and O–H groups in total. The summed E-state index contributed by atoms with van der Waals surface area (Å²) in [6.07, 6.45) is 1.20. The van der Waals surface area contributed by atoms with Gasteiger partial charge in [-0.1, -0.05) is 20.8 Å². The number of carboxylic acid groups (broad SMARTS) is 1. The van der Waals surface area contributed by atoms with Crippen molar-refractivity contribution in [1.82, 2.24) is 0 Å². The first kappa shape index (κ1) is 12.4. The maximum atomic E-state index is 10.8. The molecule has 0 saturated carbocycles. The van der Waals surface area contributed by atoms with Gasteiger partial charge in [-0.25, -0.2) is 4.79 Å². The van der Waals surface area contributed by atoms with Crippen molar-refractivity contribution in [2.45, 2.75) is 27.2 Å². The second-order valence-corrected chi connectivity index (χ2v) is 6.80. The summed E-state index contributed by atoms with van der Waals surface area (Å²) in [5.41, 5.74) is 0.335. The highest BCUT2D eigenvalue weighted by Gasteiger charge is 2.32. The Balaban J connectivity index is 2.07. The van der Waals surface area contributed by atoms with Gasteiger partial charge in [0, 0.05) is 13.1 Å². The Hall–Kier alpha value is -1.03. The van der Waals surface area contributed by atoms with Gasteiger partial charge in [0.05, 0.1) is 5.00 Å². The van der Waals surface area contributed by atoms with E-state index in [9.17, 15) is 4.79 Å². The van der Waals surface area contributed by atoms with Crippen LogP contribution in [0.4, 0.5) is 5.00 Å². The molecule has 1 saturated heterocycles. The second kappa shape index (κ2) is 4.33. The number of hydrogen-bond donors (Lipinski definition) is 1. The fourth-order valence-corrected chi connectivity index (χ4v) is 3.16. The van der Waals surface area contributed by atoms with E-state index in [2.05, 4.69) is 25.7 Å². The SMILES string of the molecule is CC(C)(C)C1CCN(c2ccc(C(=O)O)s2)C1. The van der Waals surface area contributed by atoms with Crippen molar-refractivity contribution in [1.29, 1.82) is 0 Å². The summed E-state index contributed by atoms with van der Waals surface area (Å²) in [6, 6.07) is 3.63. The minimum absolute atomic E-state index is 0.335. The topological polar surface area (TPSA) is 40.5 Å². The Bertz CT molecular complexity index is 419. The van der Waals surface area contributed by atoms with E-state index >= 15 is 0 Å². The van der Waals surface area contributed by atoms with Crippen molar-refractivity contribution in [2.75, 3.05) is 18.0 Å². The van der Waals surface area contributed by atoms with Crippen molar-refractivity contribution in [2.24, 2.45) is 11.3 Å². The van der Waals surface area contributed by atoms with Crippen molar-refractivity contribution in [3.05, 3.63) is 17.0 Å². The summed E-state index contributed by atoms with van der Waals surface area (Å²) in [5, 5.41) is 10.0. The van der Waals surface area contributed by atoms with Crippen LogP contribution in [-0.4, -0.2) is 24.2 Å². The zero-order valence-electron chi connectivity index (χ0n) is 10.6. The summed E-state index contributed by atoms with van der Waals surface area (Å²) in [7, 11) is 0. The standard InChI is InChI=1S/C13H19NO2S/c1-13(2,3)9-6-7-14(8-9)11-5-4-10(17-11)12(15)16/h4-5,9H,6-8H2,1-3H3,(H,15,16). The smallest absolute Gasteiger partial charge is 0.345 e. The number of thiophene rings is 1. The summed E-state index contributed by atoms with van der Waals surface area (Å²) in [6.45, 7) is 8.92. The molecule has 0 spiro atoms. The first-order chi connectivity index (χ1) is 7.88. The highest BCUT2D eigenvalue weighted by atomic mass is 32.1. The average molecular weight is 253 g/mol. The number of anilines is 1. The van der Waals surface area contributed by atoms with Crippen LogP contribution in [0.25, 0.3) is 0 Å². The third-order valence-corrected chi connectivity index (χ3v) is 4.66. The lowest BCUT2D eigenvalue weighted by atomic mass is 9.80. The molecule has 4 heteroatoms. The van der Waals surface area contributed by atoms with Gasteiger partial charge in [0.2, 0.25) is 0 Å². The Kier molecular flexibility index (Phi) is 3.17. The Morgan fingerprint density at radius 2 is 2.18 bits per heavy atom. The van der Waals surface area contributed by atoms with Gasteiger partial charge >= 0.3 is 5.97 Å². The first-order valence-corrected chi connectivity index (χ1v) is 6.77. The van der Waals surface area contributed by atoms with Crippen LogP contribution < -0.4 is 4.90 Å². The quantitative estimate of drug-likeness (QED) is 0.879. The fraction of sp³-hybridized carbons (Fsp3) is 0.615. The first-order valence-electron chi connectivity index (χ1n) is 5.96. The summed E-state index contributed by atoms with van der Waals surface area (Å²) >= 11 is 1.38.